The summed E-state index contributed by atoms with van der Waals surface area (Å²) in [4.78, 5) is 38.5. The second kappa shape index (κ2) is 8.54. The second-order valence-electron chi connectivity index (χ2n) is 6.16. The lowest BCUT2D eigenvalue weighted by molar-refractivity contribution is -0.146. The third-order valence-electron chi connectivity index (χ3n) is 4.35. The summed E-state index contributed by atoms with van der Waals surface area (Å²) in [6, 6.07) is 4.92. The molecular weight excluding hydrogens is 367 g/mol. The Labute approximate surface area is 156 Å². The number of carboxylic acid groups (broad SMARTS) is 1. The van der Waals surface area contributed by atoms with Crippen LogP contribution in [-0.2, 0) is 20.8 Å². The molecule has 2 rings (SSSR count). The Balaban J connectivity index is 1.86. The molecule has 2 amide bonds. The molecule has 1 heterocycles. The van der Waals surface area contributed by atoms with Gasteiger partial charge in [-0.15, -0.1) is 0 Å². The molecule has 6 nitrogen and oxygen atoms in total. The lowest BCUT2D eigenvalue weighted by Crippen LogP contribution is -2.45. The Morgan fingerprint density at radius 3 is 2.44 bits per heavy atom. The van der Waals surface area contributed by atoms with E-state index in [0.717, 1.165) is 0 Å². The Morgan fingerprint density at radius 1 is 1.24 bits per heavy atom. The number of piperidine rings is 1. The maximum Gasteiger partial charge on any atom is 0.306 e. The fraction of sp³-hybridized carbons (Fsp3) is 0.471. The van der Waals surface area contributed by atoms with E-state index < -0.39 is 11.9 Å². The van der Waals surface area contributed by atoms with Crippen LogP contribution in [0.4, 0.5) is 0 Å². The number of likely N-dealkylation sites (N-methyl/N-ethyl adjacent to an activating group) is 1. The number of nitrogens with zero attached hydrogens (tertiary/aromatic N) is 2. The molecule has 25 heavy (non-hydrogen) atoms. The molecule has 1 saturated heterocycles. The van der Waals surface area contributed by atoms with Gasteiger partial charge in [-0.2, -0.15) is 0 Å². The largest absolute Gasteiger partial charge is 0.481 e. The number of likely N-dealkylation sites (tertiary alicyclic amines) is 1. The van der Waals surface area contributed by atoms with Crippen LogP contribution in [-0.4, -0.2) is 59.4 Å². The highest BCUT2D eigenvalue weighted by atomic mass is 35.5. The van der Waals surface area contributed by atoms with Gasteiger partial charge >= 0.3 is 5.97 Å². The van der Waals surface area contributed by atoms with Crippen molar-refractivity contribution in [2.75, 3.05) is 26.7 Å². The molecule has 1 fully saturated rings. The third kappa shape index (κ3) is 5.34. The minimum Gasteiger partial charge on any atom is -0.481 e. The van der Waals surface area contributed by atoms with E-state index in [2.05, 4.69) is 0 Å². The number of halogens is 2. The lowest BCUT2D eigenvalue weighted by atomic mass is 9.97. The Morgan fingerprint density at radius 2 is 1.88 bits per heavy atom. The minimum atomic E-state index is -0.820. The molecule has 1 aliphatic heterocycles. The van der Waals surface area contributed by atoms with Crippen LogP contribution in [0.3, 0.4) is 0 Å². The second-order valence-corrected chi connectivity index (χ2v) is 7.00. The van der Waals surface area contributed by atoms with E-state index in [4.69, 9.17) is 28.3 Å². The van der Waals surface area contributed by atoms with Gasteiger partial charge in [0, 0.05) is 30.2 Å². The number of rotatable bonds is 5. The molecule has 0 aromatic heterocycles. The molecule has 0 unspecified atom stereocenters. The third-order valence-corrected chi connectivity index (χ3v) is 4.94. The van der Waals surface area contributed by atoms with Crippen molar-refractivity contribution in [1.29, 1.82) is 0 Å². The first-order valence-corrected chi connectivity index (χ1v) is 8.72. The van der Waals surface area contributed by atoms with E-state index in [-0.39, 0.29) is 24.8 Å². The van der Waals surface area contributed by atoms with Crippen LogP contribution in [0, 0.1) is 5.92 Å². The summed E-state index contributed by atoms with van der Waals surface area (Å²) in [6.45, 7) is 0.767. The molecule has 1 aromatic rings. The molecule has 0 saturated carbocycles. The van der Waals surface area contributed by atoms with Crippen molar-refractivity contribution in [3.05, 3.63) is 33.8 Å². The maximum atomic E-state index is 12.3. The topological polar surface area (TPSA) is 77.9 Å². The van der Waals surface area contributed by atoms with E-state index in [1.54, 1.807) is 30.1 Å². The Hall–Kier alpha value is -1.79. The van der Waals surface area contributed by atoms with E-state index in [9.17, 15) is 14.4 Å². The van der Waals surface area contributed by atoms with E-state index in [1.165, 1.54) is 4.90 Å². The number of amides is 2. The van der Waals surface area contributed by atoms with Gasteiger partial charge in [-0.1, -0.05) is 29.3 Å². The van der Waals surface area contributed by atoms with E-state index >= 15 is 0 Å². The first kappa shape index (κ1) is 19.5. The van der Waals surface area contributed by atoms with Crippen LogP contribution in [0.25, 0.3) is 0 Å². The predicted molar refractivity (Wildman–Crippen MR) is 94.7 cm³/mol. The standard InChI is InChI=1S/C17H20Cl2N2O4/c1-20(15(22)8-12-2-3-13(18)9-14(12)19)10-16(23)21-6-4-11(5-7-21)17(24)25/h2-3,9,11H,4-8,10H2,1H3,(H,24,25). The quantitative estimate of drug-likeness (QED) is 0.841. The summed E-state index contributed by atoms with van der Waals surface area (Å²) in [7, 11) is 1.56. The minimum absolute atomic E-state index is 0.0399. The van der Waals surface area contributed by atoms with Gasteiger partial charge in [0.25, 0.3) is 0 Å². The summed E-state index contributed by atoms with van der Waals surface area (Å²) in [5.41, 5.74) is 0.651. The lowest BCUT2D eigenvalue weighted by Gasteiger charge is -2.31. The van der Waals surface area contributed by atoms with Crippen molar-refractivity contribution < 1.29 is 19.5 Å². The molecule has 0 aliphatic carbocycles. The van der Waals surface area contributed by atoms with Crippen LogP contribution in [0.15, 0.2) is 18.2 Å². The summed E-state index contributed by atoms with van der Waals surface area (Å²) in [5.74, 6) is -1.62. The monoisotopic (exact) mass is 386 g/mol. The van der Waals surface area contributed by atoms with Crippen molar-refractivity contribution in [3.8, 4) is 0 Å². The first-order valence-electron chi connectivity index (χ1n) is 7.96. The molecular formula is C17H20Cl2N2O4. The number of carbonyl (C=O) groups is 3. The molecule has 136 valence electrons. The SMILES string of the molecule is CN(CC(=O)N1CCC(C(=O)O)CC1)C(=O)Cc1ccc(Cl)cc1Cl. The summed E-state index contributed by atoms with van der Waals surface area (Å²) in [6.07, 6.45) is 0.971. The number of benzene rings is 1. The fourth-order valence-electron chi connectivity index (χ4n) is 2.73. The van der Waals surface area contributed by atoms with Gasteiger partial charge in [-0.3, -0.25) is 14.4 Å². The summed E-state index contributed by atoms with van der Waals surface area (Å²) >= 11 is 11.9. The molecule has 0 bridgehead atoms. The molecule has 1 aromatic carbocycles. The molecule has 1 aliphatic rings. The van der Waals surface area contributed by atoms with Crippen molar-refractivity contribution in [3.63, 3.8) is 0 Å². The van der Waals surface area contributed by atoms with Crippen LogP contribution >= 0.6 is 23.2 Å². The van der Waals surface area contributed by atoms with Crippen molar-refractivity contribution in [1.82, 2.24) is 9.80 Å². The van der Waals surface area contributed by atoms with Gasteiger partial charge in [0.05, 0.1) is 18.9 Å². The van der Waals surface area contributed by atoms with E-state index in [0.29, 0.717) is 41.5 Å². The number of carbonyl (C=O) groups excluding carboxylic acids is 2. The van der Waals surface area contributed by atoms with Crippen LogP contribution in [0.2, 0.25) is 10.0 Å². The number of hydrogen-bond donors (Lipinski definition) is 1. The van der Waals surface area contributed by atoms with Crippen molar-refractivity contribution in [2.45, 2.75) is 19.3 Å². The molecule has 0 radical (unpaired) electrons. The average Bonchev–Trinajstić information content (AvgIpc) is 2.57. The fourth-order valence-corrected chi connectivity index (χ4v) is 3.21. The molecule has 1 N–H and O–H groups in total. The highest BCUT2D eigenvalue weighted by Crippen LogP contribution is 2.22. The van der Waals surface area contributed by atoms with Gasteiger partial charge < -0.3 is 14.9 Å². The van der Waals surface area contributed by atoms with Gasteiger partial charge in [0.15, 0.2) is 0 Å². The Bertz CT molecular complexity index is 673. The van der Waals surface area contributed by atoms with Crippen LogP contribution < -0.4 is 0 Å². The molecule has 0 atom stereocenters. The van der Waals surface area contributed by atoms with Gasteiger partial charge in [0.2, 0.25) is 11.8 Å². The predicted octanol–water partition coefficient (Wildman–Crippen LogP) is 2.32. The number of hydrogen-bond acceptors (Lipinski definition) is 3. The summed E-state index contributed by atoms with van der Waals surface area (Å²) in [5, 5.41) is 9.89. The summed E-state index contributed by atoms with van der Waals surface area (Å²) < 4.78 is 0. The van der Waals surface area contributed by atoms with E-state index in [1.807, 2.05) is 0 Å². The highest BCUT2D eigenvalue weighted by Gasteiger charge is 2.27. The van der Waals surface area contributed by atoms with Gasteiger partial charge in [0.1, 0.15) is 0 Å². The zero-order valence-electron chi connectivity index (χ0n) is 13.9. The molecule has 8 heteroatoms. The van der Waals surface area contributed by atoms with Crippen LogP contribution in [0.5, 0.6) is 0 Å². The zero-order chi connectivity index (χ0) is 18.6. The van der Waals surface area contributed by atoms with Crippen molar-refractivity contribution >= 4 is 41.0 Å². The van der Waals surface area contributed by atoms with Crippen molar-refractivity contribution in [2.24, 2.45) is 5.92 Å². The Kier molecular flexibility index (Phi) is 6.67. The first-order chi connectivity index (χ1) is 11.8. The average molecular weight is 387 g/mol. The normalized spacial score (nSPS) is 15.1. The maximum absolute atomic E-state index is 12.3. The molecule has 0 spiro atoms. The zero-order valence-corrected chi connectivity index (χ0v) is 15.4. The smallest absolute Gasteiger partial charge is 0.306 e. The van der Waals surface area contributed by atoms with Gasteiger partial charge in [-0.25, -0.2) is 0 Å². The number of carboxylic acids is 1. The van der Waals surface area contributed by atoms with Crippen LogP contribution in [0.1, 0.15) is 18.4 Å². The van der Waals surface area contributed by atoms with Gasteiger partial charge in [-0.05, 0) is 30.5 Å². The number of aliphatic carboxylic acids is 1. The highest BCUT2D eigenvalue weighted by molar-refractivity contribution is 6.35.